The SMILES string of the molecule is CNC(CCc1ccccc1C)Cc1ncnn1C. The molecule has 2 rings (SSSR count). The summed E-state index contributed by atoms with van der Waals surface area (Å²) in [7, 11) is 3.95. The second kappa shape index (κ2) is 6.48. The van der Waals surface area contributed by atoms with Gasteiger partial charge in [-0.1, -0.05) is 24.3 Å². The van der Waals surface area contributed by atoms with E-state index >= 15 is 0 Å². The highest BCUT2D eigenvalue weighted by Gasteiger charge is 2.11. The van der Waals surface area contributed by atoms with Crippen LogP contribution in [0.5, 0.6) is 0 Å². The van der Waals surface area contributed by atoms with Crippen LogP contribution < -0.4 is 5.32 Å². The molecule has 0 amide bonds. The molecule has 0 aliphatic carbocycles. The number of likely N-dealkylation sites (N-methyl/N-ethyl adjacent to an activating group) is 1. The summed E-state index contributed by atoms with van der Waals surface area (Å²) in [5.41, 5.74) is 2.80. The Labute approximate surface area is 114 Å². The van der Waals surface area contributed by atoms with Crippen LogP contribution >= 0.6 is 0 Å². The van der Waals surface area contributed by atoms with Gasteiger partial charge in [0.15, 0.2) is 0 Å². The zero-order valence-electron chi connectivity index (χ0n) is 11.9. The van der Waals surface area contributed by atoms with Crippen molar-refractivity contribution in [3.05, 3.63) is 47.5 Å². The fraction of sp³-hybridized carbons (Fsp3) is 0.467. The maximum absolute atomic E-state index is 4.29. The van der Waals surface area contributed by atoms with Crippen molar-refractivity contribution in [2.75, 3.05) is 7.05 Å². The van der Waals surface area contributed by atoms with Crippen molar-refractivity contribution in [1.82, 2.24) is 20.1 Å². The molecule has 0 radical (unpaired) electrons. The first-order chi connectivity index (χ1) is 9.20. The lowest BCUT2D eigenvalue weighted by Crippen LogP contribution is -2.29. The van der Waals surface area contributed by atoms with Gasteiger partial charge in [0, 0.05) is 19.5 Å². The monoisotopic (exact) mass is 258 g/mol. The van der Waals surface area contributed by atoms with Crippen LogP contribution in [0.25, 0.3) is 0 Å². The lowest BCUT2D eigenvalue weighted by atomic mass is 9.99. The van der Waals surface area contributed by atoms with Crippen LogP contribution in [0.15, 0.2) is 30.6 Å². The minimum absolute atomic E-state index is 0.433. The Hall–Kier alpha value is -1.68. The molecule has 0 saturated carbocycles. The maximum Gasteiger partial charge on any atom is 0.138 e. The van der Waals surface area contributed by atoms with E-state index in [1.807, 2.05) is 18.8 Å². The summed E-state index contributed by atoms with van der Waals surface area (Å²) in [6.45, 7) is 2.17. The Morgan fingerprint density at radius 3 is 2.74 bits per heavy atom. The fourth-order valence-corrected chi connectivity index (χ4v) is 2.29. The number of nitrogens with one attached hydrogen (secondary N) is 1. The van der Waals surface area contributed by atoms with Crippen molar-refractivity contribution in [2.24, 2.45) is 7.05 Å². The quantitative estimate of drug-likeness (QED) is 0.860. The van der Waals surface area contributed by atoms with E-state index in [0.29, 0.717) is 6.04 Å². The van der Waals surface area contributed by atoms with Gasteiger partial charge in [0.2, 0.25) is 0 Å². The molecule has 1 aromatic heterocycles. The summed E-state index contributed by atoms with van der Waals surface area (Å²) in [4.78, 5) is 4.29. The Morgan fingerprint density at radius 2 is 2.11 bits per heavy atom. The predicted octanol–water partition coefficient (Wildman–Crippen LogP) is 1.89. The summed E-state index contributed by atoms with van der Waals surface area (Å²) in [5.74, 6) is 1.03. The molecule has 1 heterocycles. The molecule has 4 heteroatoms. The Kier molecular flexibility index (Phi) is 4.68. The smallest absolute Gasteiger partial charge is 0.138 e. The number of aromatic nitrogens is 3. The van der Waals surface area contributed by atoms with Crippen molar-refractivity contribution >= 4 is 0 Å². The molecule has 0 bridgehead atoms. The van der Waals surface area contributed by atoms with Crippen LogP contribution in [0, 0.1) is 6.92 Å². The maximum atomic E-state index is 4.29. The second-order valence-corrected chi connectivity index (χ2v) is 4.95. The van der Waals surface area contributed by atoms with Gasteiger partial charge in [-0.2, -0.15) is 5.10 Å². The van der Waals surface area contributed by atoms with Gasteiger partial charge >= 0.3 is 0 Å². The third-order valence-corrected chi connectivity index (χ3v) is 3.67. The van der Waals surface area contributed by atoms with Gasteiger partial charge < -0.3 is 5.32 Å². The van der Waals surface area contributed by atoms with Crippen LogP contribution in [0.4, 0.5) is 0 Å². The number of aryl methyl sites for hydroxylation is 3. The van der Waals surface area contributed by atoms with E-state index in [4.69, 9.17) is 0 Å². The molecule has 4 nitrogen and oxygen atoms in total. The van der Waals surface area contributed by atoms with E-state index in [-0.39, 0.29) is 0 Å². The number of hydrogen-bond acceptors (Lipinski definition) is 3. The molecule has 0 aliphatic rings. The van der Waals surface area contributed by atoms with E-state index in [1.165, 1.54) is 11.1 Å². The van der Waals surface area contributed by atoms with E-state index < -0.39 is 0 Å². The van der Waals surface area contributed by atoms with Crippen molar-refractivity contribution in [2.45, 2.75) is 32.2 Å². The first kappa shape index (κ1) is 13.7. The number of rotatable bonds is 6. The predicted molar refractivity (Wildman–Crippen MR) is 77.1 cm³/mol. The molecule has 102 valence electrons. The fourth-order valence-electron chi connectivity index (χ4n) is 2.29. The minimum Gasteiger partial charge on any atom is -0.317 e. The summed E-state index contributed by atoms with van der Waals surface area (Å²) < 4.78 is 1.85. The van der Waals surface area contributed by atoms with Gasteiger partial charge in [-0.05, 0) is 37.9 Å². The Balaban J connectivity index is 1.93. The zero-order valence-corrected chi connectivity index (χ0v) is 11.9. The van der Waals surface area contributed by atoms with E-state index in [9.17, 15) is 0 Å². The Morgan fingerprint density at radius 1 is 1.32 bits per heavy atom. The van der Waals surface area contributed by atoms with E-state index in [1.54, 1.807) is 6.33 Å². The summed E-state index contributed by atoms with van der Waals surface area (Å²) in [5, 5.41) is 7.49. The highest BCUT2D eigenvalue weighted by molar-refractivity contribution is 5.25. The molecule has 0 spiro atoms. The third kappa shape index (κ3) is 3.64. The third-order valence-electron chi connectivity index (χ3n) is 3.67. The van der Waals surface area contributed by atoms with Crippen LogP contribution in [0.1, 0.15) is 23.4 Å². The standard InChI is InChI=1S/C15H22N4/c1-12-6-4-5-7-13(12)8-9-14(16-2)10-15-17-11-18-19(15)3/h4-7,11,14,16H,8-10H2,1-3H3. The summed E-state index contributed by atoms with van der Waals surface area (Å²) in [6, 6.07) is 9.02. The largest absolute Gasteiger partial charge is 0.317 e. The lowest BCUT2D eigenvalue weighted by Gasteiger charge is -2.16. The average Bonchev–Trinajstić information content (AvgIpc) is 2.81. The number of nitrogens with zero attached hydrogens (tertiary/aromatic N) is 3. The van der Waals surface area contributed by atoms with Crippen molar-refractivity contribution in [3.8, 4) is 0 Å². The van der Waals surface area contributed by atoms with E-state index in [2.05, 4.69) is 46.6 Å². The van der Waals surface area contributed by atoms with Gasteiger partial charge in [-0.25, -0.2) is 4.98 Å². The van der Waals surface area contributed by atoms with Gasteiger partial charge in [-0.15, -0.1) is 0 Å². The number of benzene rings is 1. The van der Waals surface area contributed by atoms with Crippen LogP contribution in [-0.2, 0) is 19.9 Å². The van der Waals surface area contributed by atoms with Crippen molar-refractivity contribution in [3.63, 3.8) is 0 Å². The first-order valence-electron chi connectivity index (χ1n) is 6.75. The molecule has 1 N–H and O–H groups in total. The van der Waals surface area contributed by atoms with Crippen LogP contribution in [-0.4, -0.2) is 27.9 Å². The molecule has 2 aromatic rings. The van der Waals surface area contributed by atoms with Gasteiger partial charge in [-0.3, -0.25) is 4.68 Å². The van der Waals surface area contributed by atoms with Crippen molar-refractivity contribution < 1.29 is 0 Å². The molecule has 0 fully saturated rings. The molecule has 1 atom stereocenters. The van der Waals surface area contributed by atoms with Crippen LogP contribution in [0.2, 0.25) is 0 Å². The van der Waals surface area contributed by atoms with Gasteiger partial charge in [0.25, 0.3) is 0 Å². The average molecular weight is 258 g/mol. The second-order valence-electron chi connectivity index (χ2n) is 4.95. The zero-order chi connectivity index (χ0) is 13.7. The summed E-state index contributed by atoms with van der Waals surface area (Å²) in [6.07, 6.45) is 4.73. The van der Waals surface area contributed by atoms with E-state index in [0.717, 1.165) is 25.1 Å². The van der Waals surface area contributed by atoms with Crippen molar-refractivity contribution in [1.29, 1.82) is 0 Å². The van der Waals surface area contributed by atoms with Gasteiger partial charge in [0.05, 0.1) is 0 Å². The number of hydrogen-bond donors (Lipinski definition) is 1. The molecule has 0 saturated heterocycles. The molecular formula is C15H22N4. The normalized spacial score (nSPS) is 12.6. The first-order valence-corrected chi connectivity index (χ1v) is 6.75. The minimum atomic E-state index is 0.433. The van der Waals surface area contributed by atoms with Crippen LogP contribution in [0.3, 0.4) is 0 Å². The molecule has 1 aromatic carbocycles. The molecule has 0 aliphatic heterocycles. The molecule has 19 heavy (non-hydrogen) atoms. The molecule has 1 unspecified atom stereocenters. The highest BCUT2D eigenvalue weighted by atomic mass is 15.3. The lowest BCUT2D eigenvalue weighted by molar-refractivity contribution is 0.497. The summed E-state index contributed by atoms with van der Waals surface area (Å²) >= 11 is 0. The van der Waals surface area contributed by atoms with Gasteiger partial charge in [0.1, 0.15) is 12.2 Å². The topological polar surface area (TPSA) is 42.7 Å². The Bertz CT molecular complexity index is 518. The molecular weight excluding hydrogens is 236 g/mol. The highest BCUT2D eigenvalue weighted by Crippen LogP contribution is 2.12.